The van der Waals surface area contributed by atoms with Gasteiger partial charge in [-0.15, -0.1) is 11.8 Å². The first-order valence-electron chi connectivity index (χ1n) is 8.92. The number of nitrogens with one attached hydrogen (secondary N) is 2. The molecule has 0 spiro atoms. The van der Waals surface area contributed by atoms with Crippen molar-refractivity contribution in [2.75, 3.05) is 30.5 Å². The predicted octanol–water partition coefficient (Wildman–Crippen LogP) is 2.94. The van der Waals surface area contributed by atoms with E-state index in [0.717, 1.165) is 9.87 Å². The van der Waals surface area contributed by atoms with Crippen LogP contribution in [0.25, 0.3) is 0 Å². The number of anilines is 2. The molecule has 2 N–H and O–H groups in total. The summed E-state index contributed by atoms with van der Waals surface area (Å²) in [4.78, 5) is 24.6. The fourth-order valence-corrected chi connectivity index (χ4v) is 4.06. The monoisotopic (exact) mass is 435 g/mol. The van der Waals surface area contributed by atoms with Gasteiger partial charge in [0.25, 0.3) is 0 Å². The van der Waals surface area contributed by atoms with Gasteiger partial charge in [-0.3, -0.25) is 9.59 Å². The predicted molar refractivity (Wildman–Crippen MR) is 118 cm³/mol. The number of sulfonamides is 1. The lowest BCUT2D eigenvalue weighted by Gasteiger charge is -2.17. The van der Waals surface area contributed by atoms with Crippen LogP contribution in [0.15, 0.2) is 53.4 Å². The standard InChI is InChI=1S/C20H25N3O4S2/c1-14-9-11-16(12-10-14)21-19(24)13-28-15(2)20(25)22-17-7-5-6-8-18(17)29(26,27)23(3)4/h5-12,15H,13H2,1-4H3,(H,21,24)(H,22,25). The lowest BCUT2D eigenvalue weighted by atomic mass is 10.2. The van der Waals surface area contributed by atoms with Crippen molar-refractivity contribution in [3.05, 3.63) is 54.1 Å². The van der Waals surface area contributed by atoms with Crippen LogP contribution in [0.3, 0.4) is 0 Å². The molecule has 0 fully saturated rings. The van der Waals surface area contributed by atoms with E-state index in [1.54, 1.807) is 19.1 Å². The number of para-hydroxylation sites is 1. The number of hydrogen-bond donors (Lipinski definition) is 2. The molecule has 9 heteroatoms. The van der Waals surface area contributed by atoms with Crippen molar-refractivity contribution in [3.63, 3.8) is 0 Å². The first-order valence-corrected chi connectivity index (χ1v) is 11.4. The number of thioether (sulfide) groups is 1. The Morgan fingerprint density at radius 1 is 1.03 bits per heavy atom. The summed E-state index contributed by atoms with van der Waals surface area (Å²) in [5.74, 6) is -0.492. The second kappa shape index (κ2) is 9.91. The first kappa shape index (κ1) is 22.9. The highest BCUT2D eigenvalue weighted by Gasteiger charge is 2.23. The molecular formula is C20H25N3O4S2. The number of carbonyl (C=O) groups excluding carboxylic acids is 2. The molecule has 0 aliphatic carbocycles. The zero-order chi connectivity index (χ0) is 21.6. The SMILES string of the molecule is Cc1ccc(NC(=O)CSC(C)C(=O)Nc2ccccc2S(=O)(=O)N(C)C)cc1. The third kappa shape index (κ3) is 6.31. The van der Waals surface area contributed by atoms with Crippen LogP contribution < -0.4 is 10.6 Å². The topological polar surface area (TPSA) is 95.6 Å². The maximum absolute atomic E-state index is 12.5. The third-order valence-electron chi connectivity index (χ3n) is 4.07. The Balaban J connectivity index is 1.96. The summed E-state index contributed by atoms with van der Waals surface area (Å²) >= 11 is 1.17. The van der Waals surface area contributed by atoms with Crippen LogP contribution in [0.5, 0.6) is 0 Å². The Labute approximate surface area is 175 Å². The molecule has 0 saturated heterocycles. The quantitative estimate of drug-likeness (QED) is 0.665. The van der Waals surface area contributed by atoms with Gasteiger partial charge in [0.05, 0.1) is 16.7 Å². The second-order valence-corrected chi connectivity index (χ2v) is 10.1. The lowest BCUT2D eigenvalue weighted by molar-refractivity contribution is -0.115. The smallest absolute Gasteiger partial charge is 0.244 e. The highest BCUT2D eigenvalue weighted by Crippen LogP contribution is 2.24. The number of rotatable bonds is 8. The maximum Gasteiger partial charge on any atom is 0.244 e. The van der Waals surface area contributed by atoms with Gasteiger partial charge in [-0.2, -0.15) is 0 Å². The van der Waals surface area contributed by atoms with Gasteiger partial charge in [-0.25, -0.2) is 12.7 Å². The molecule has 2 rings (SSSR count). The molecule has 2 aromatic rings. The fraction of sp³-hybridized carbons (Fsp3) is 0.300. The molecule has 1 unspecified atom stereocenters. The molecule has 2 amide bonds. The molecule has 0 aliphatic heterocycles. The van der Waals surface area contributed by atoms with Gasteiger partial charge in [0.2, 0.25) is 21.8 Å². The Morgan fingerprint density at radius 3 is 2.28 bits per heavy atom. The van der Waals surface area contributed by atoms with E-state index in [-0.39, 0.29) is 28.2 Å². The molecule has 0 radical (unpaired) electrons. The normalized spacial score (nSPS) is 12.4. The third-order valence-corrected chi connectivity index (χ3v) is 7.09. The Kier molecular flexibility index (Phi) is 7.83. The van der Waals surface area contributed by atoms with Gasteiger partial charge in [0.15, 0.2) is 0 Å². The van der Waals surface area contributed by atoms with Gasteiger partial charge in [0.1, 0.15) is 4.90 Å². The summed E-state index contributed by atoms with van der Waals surface area (Å²) in [5.41, 5.74) is 2.00. The first-order chi connectivity index (χ1) is 13.6. The van der Waals surface area contributed by atoms with Crippen molar-refractivity contribution in [2.45, 2.75) is 24.0 Å². The van der Waals surface area contributed by atoms with Gasteiger partial charge in [-0.1, -0.05) is 29.8 Å². The zero-order valence-corrected chi connectivity index (χ0v) is 18.4. The van der Waals surface area contributed by atoms with E-state index in [1.165, 1.54) is 38.0 Å². The summed E-state index contributed by atoms with van der Waals surface area (Å²) < 4.78 is 25.9. The van der Waals surface area contributed by atoms with Crippen molar-refractivity contribution >= 4 is 45.0 Å². The van der Waals surface area contributed by atoms with Gasteiger partial charge in [-0.05, 0) is 38.1 Å². The summed E-state index contributed by atoms with van der Waals surface area (Å²) in [6.07, 6.45) is 0. The van der Waals surface area contributed by atoms with Crippen LogP contribution >= 0.6 is 11.8 Å². The zero-order valence-electron chi connectivity index (χ0n) is 16.8. The molecule has 0 heterocycles. The number of benzene rings is 2. The molecule has 7 nitrogen and oxygen atoms in total. The molecular weight excluding hydrogens is 410 g/mol. The number of carbonyl (C=O) groups is 2. The van der Waals surface area contributed by atoms with Crippen molar-refractivity contribution < 1.29 is 18.0 Å². The number of nitrogens with zero attached hydrogens (tertiary/aromatic N) is 1. The summed E-state index contributed by atoms with van der Waals surface area (Å²) in [6.45, 7) is 3.63. The molecule has 0 saturated carbocycles. The van der Waals surface area contributed by atoms with Crippen LogP contribution in [0, 0.1) is 6.92 Å². The summed E-state index contributed by atoms with van der Waals surface area (Å²) in [6, 6.07) is 13.7. The van der Waals surface area contributed by atoms with Gasteiger partial charge < -0.3 is 10.6 Å². The van der Waals surface area contributed by atoms with E-state index in [0.29, 0.717) is 5.69 Å². The average molecular weight is 436 g/mol. The number of aryl methyl sites for hydroxylation is 1. The van der Waals surface area contributed by atoms with Crippen LogP contribution in [0.4, 0.5) is 11.4 Å². The van der Waals surface area contributed by atoms with E-state index < -0.39 is 15.3 Å². The van der Waals surface area contributed by atoms with Gasteiger partial charge >= 0.3 is 0 Å². The van der Waals surface area contributed by atoms with Crippen LogP contribution in [0.2, 0.25) is 0 Å². The molecule has 0 bridgehead atoms. The number of hydrogen-bond acceptors (Lipinski definition) is 5. The molecule has 0 aromatic heterocycles. The van der Waals surface area contributed by atoms with E-state index in [1.807, 2.05) is 31.2 Å². The Morgan fingerprint density at radius 2 is 1.66 bits per heavy atom. The van der Waals surface area contributed by atoms with E-state index in [2.05, 4.69) is 10.6 Å². The minimum atomic E-state index is -3.69. The fourth-order valence-electron chi connectivity index (χ4n) is 2.34. The summed E-state index contributed by atoms with van der Waals surface area (Å²) in [7, 11) is -0.835. The van der Waals surface area contributed by atoms with Crippen LogP contribution in [-0.4, -0.2) is 49.6 Å². The van der Waals surface area contributed by atoms with Crippen molar-refractivity contribution in [2.24, 2.45) is 0 Å². The minimum absolute atomic E-state index is 0.0210. The average Bonchev–Trinajstić information content (AvgIpc) is 2.68. The maximum atomic E-state index is 12.5. The number of amides is 2. The van der Waals surface area contributed by atoms with Gasteiger partial charge in [0, 0.05) is 19.8 Å². The molecule has 0 aliphatic rings. The molecule has 2 aromatic carbocycles. The molecule has 29 heavy (non-hydrogen) atoms. The highest BCUT2D eigenvalue weighted by atomic mass is 32.2. The molecule has 156 valence electrons. The Bertz CT molecular complexity index is 973. The van der Waals surface area contributed by atoms with Crippen LogP contribution in [-0.2, 0) is 19.6 Å². The second-order valence-electron chi connectivity index (χ2n) is 6.64. The van der Waals surface area contributed by atoms with E-state index in [4.69, 9.17) is 0 Å². The highest BCUT2D eigenvalue weighted by molar-refractivity contribution is 8.01. The largest absolute Gasteiger partial charge is 0.325 e. The summed E-state index contributed by atoms with van der Waals surface area (Å²) in [5, 5.41) is 4.88. The van der Waals surface area contributed by atoms with Crippen molar-refractivity contribution in [3.8, 4) is 0 Å². The van der Waals surface area contributed by atoms with E-state index in [9.17, 15) is 18.0 Å². The molecule has 1 atom stereocenters. The van der Waals surface area contributed by atoms with Crippen molar-refractivity contribution in [1.29, 1.82) is 0 Å². The Hall–Kier alpha value is -2.36. The minimum Gasteiger partial charge on any atom is -0.325 e. The van der Waals surface area contributed by atoms with Crippen LogP contribution in [0.1, 0.15) is 12.5 Å². The lowest BCUT2D eigenvalue weighted by Crippen LogP contribution is -2.27. The van der Waals surface area contributed by atoms with Crippen molar-refractivity contribution in [1.82, 2.24) is 4.31 Å². The van der Waals surface area contributed by atoms with E-state index >= 15 is 0 Å².